The zero-order chi connectivity index (χ0) is 12.1. The van der Waals surface area contributed by atoms with E-state index in [0.29, 0.717) is 12.2 Å². The summed E-state index contributed by atoms with van der Waals surface area (Å²) in [6, 6.07) is 0. The van der Waals surface area contributed by atoms with E-state index in [1.807, 2.05) is 27.7 Å². The maximum atomic E-state index is 5.08. The summed E-state index contributed by atoms with van der Waals surface area (Å²) < 4.78 is 9.94. The molecule has 2 fully saturated rings. The predicted molar refractivity (Wildman–Crippen MR) is 67.4 cm³/mol. The molecule has 15 heavy (non-hydrogen) atoms. The Labute approximate surface area is 96.4 Å². The Hall–Kier alpha value is -0.0800. The minimum atomic E-state index is 0.616. The lowest BCUT2D eigenvalue weighted by Gasteiger charge is -2.24. The van der Waals surface area contributed by atoms with Crippen molar-refractivity contribution in [3.05, 3.63) is 0 Å². The third-order valence-electron chi connectivity index (χ3n) is 2.11. The first-order chi connectivity index (χ1) is 7.36. The predicted octanol–water partition coefficient (Wildman–Crippen LogP) is 4.03. The second-order valence-electron chi connectivity index (χ2n) is 3.05. The van der Waals surface area contributed by atoms with Crippen molar-refractivity contribution in [2.24, 2.45) is 0 Å². The van der Waals surface area contributed by atoms with Crippen LogP contribution in [-0.4, -0.2) is 25.4 Å². The number of hydrogen-bond donors (Lipinski definition) is 0. The Kier molecular flexibility index (Phi) is 16.1. The molecule has 94 valence electrons. The van der Waals surface area contributed by atoms with Gasteiger partial charge in [0, 0.05) is 6.61 Å². The molecule has 2 heterocycles. The van der Waals surface area contributed by atoms with Crippen LogP contribution in [0.1, 0.15) is 60.8 Å². The summed E-state index contributed by atoms with van der Waals surface area (Å²) in [7, 11) is 0. The fraction of sp³-hybridized carbons (Fsp3) is 1.00. The Morgan fingerprint density at radius 1 is 0.867 bits per heavy atom. The minimum Gasteiger partial charge on any atom is -0.378 e. The van der Waals surface area contributed by atoms with E-state index in [4.69, 9.17) is 9.47 Å². The molecule has 2 aliphatic rings. The third kappa shape index (κ3) is 11.8. The molecule has 0 saturated carbocycles. The van der Waals surface area contributed by atoms with Crippen molar-refractivity contribution < 1.29 is 9.47 Å². The van der Waals surface area contributed by atoms with Gasteiger partial charge in [-0.2, -0.15) is 0 Å². The molecule has 2 unspecified atom stereocenters. The van der Waals surface area contributed by atoms with E-state index in [0.717, 1.165) is 13.2 Å². The van der Waals surface area contributed by atoms with Crippen LogP contribution >= 0.6 is 0 Å². The molecule has 2 rings (SSSR count). The summed E-state index contributed by atoms with van der Waals surface area (Å²) in [6.07, 6.45) is 4.93. The summed E-state index contributed by atoms with van der Waals surface area (Å²) in [5.41, 5.74) is 0. The summed E-state index contributed by atoms with van der Waals surface area (Å²) in [5, 5.41) is 0. The van der Waals surface area contributed by atoms with E-state index in [1.165, 1.54) is 19.3 Å². The van der Waals surface area contributed by atoms with Crippen molar-refractivity contribution >= 4 is 0 Å². The van der Waals surface area contributed by atoms with E-state index in [-0.39, 0.29) is 0 Å². The first-order valence-electron chi connectivity index (χ1n) is 6.60. The number of ether oxygens (including phenoxy) is 2. The molecular weight excluding hydrogens is 188 g/mol. The molecule has 2 aliphatic heterocycles. The van der Waals surface area contributed by atoms with Crippen LogP contribution in [0.25, 0.3) is 0 Å². The van der Waals surface area contributed by atoms with Crippen LogP contribution in [0.3, 0.4) is 0 Å². The second kappa shape index (κ2) is 13.9. The van der Waals surface area contributed by atoms with Gasteiger partial charge in [-0.15, -0.1) is 0 Å². The molecule has 2 atom stereocenters. The average Bonchev–Trinajstić information content (AvgIpc) is 3.06. The molecule has 2 nitrogen and oxygen atoms in total. The number of hydrogen-bond acceptors (Lipinski definition) is 2. The van der Waals surface area contributed by atoms with Gasteiger partial charge in [0.15, 0.2) is 0 Å². The largest absolute Gasteiger partial charge is 0.378 e. The summed E-state index contributed by atoms with van der Waals surface area (Å²) in [6.45, 7) is 14.3. The topological polar surface area (TPSA) is 21.8 Å². The Balaban J connectivity index is 0. The molecule has 0 aromatic heterocycles. The van der Waals surface area contributed by atoms with Crippen LogP contribution in [0, 0.1) is 0 Å². The quantitative estimate of drug-likeness (QED) is 0.653. The first kappa shape index (κ1) is 17.3. The summed E-state index contributed by atoms with van der Waals surface area (Å²) >= 11 is 0. The lowest BCUT2D eigenvalue weighted by atomic mass is 10.1. The summed E-state index contributed by atoms with van der Waals surface area (Å²) in [4.78, 5) is 0. The highest BCUT2D eigenvalue weighted by atomic mass is 16.6. The highest BCUT2D eigenvalue weighted by Gasteiger charge is 2.18. The Morgan fingerprint density at radius 2 is 1.27 bits per heavy atom. The third-order valence-corrected chi connectivity index (χ3v) is 2.11. The van der Waals surface area contributed by atoms with Crippen LogP contribution in [0.2, 0.25) is 0 Å². The van der Waals surface area contributed by atoms with Crippen molar-refractivity contribution in [1.82, 2.24) is 0 Å². The molecular formula is C13H30O2. The van der Waals surface area contributed by atoms with Crippen molar-refractivity contribution in [2.45, 2.75) is 73.0 Å². The molecule has 0 spiro atoms. The van der Waals surface area contributed by atoms with Crippen LogP contribution in [0.15, 0.2) is 0 Å². The average molecular weight is 218 g/mol. The van der Waals surface area contributed by atoms with Gasteiger partial charge in [-0.25, -0.2) is 0 Å². The van der Waals surface area contributed by atoms with Gasteiger partial charge in [0.25, 0.3) is 0 Å². The second-order valence-corrected chi connectivity index (χ2v) is 3.05. The Bertz CT molecular complexity index is 94.0. The highest BCUT2D eigenvalue weighted by molar-refractivity contribution is 4.64. The van der Waals surface area contributed by atoms with Gasteiger partial charge in [0.1, 0.15) is 0 Å². The smallest absolute Gasteiger partial charge is 0.0807 e. The summed E-state index contributed by atoms with van der Waals surface area (Å²) in [5.74, 6) is 0. The number of epoxide rings is 1. The van der Waals surface area contributed by atoms with Gasteiger partial charge in [-0.1, -0.05) is 41.5 Å². The fourth-order valence-corrected chi connectivity index (χ4v) is 0.910. The fourth-order valence-electron chi connectivity index (χ4n) is 0.910. The van der Waals surface area contributed by atoms with E-state index < -0.39 is 0 Å². The molecule has 0 radical (unpaired) electrons. The maximum absolute atomic E-state index is 5.08. The highest BCUT2D eigenvalue weighted by Crippen LogP contribution is 2.12. The molecule has 0 aromatic rings. The van der Waals surface area contributed by atoms with Crippen LogP contribution in [-0.2, 0) is 9.47 Å². The van der Waals surface area contributed by atoms with Crippen molar-refractivity contribution in [2.75, 3.05) is 13.2 Å². The molecule has 0 bridgehead atoms. The van der Waals surface area contributed by atoms with Crippen molar-refractivity contribution in [3.8, 4) is 0 Å². The molecule has 0 aliphatic carbocycles. The van der Waals surface area contributed by atoms with Gasteiger partial charge in [-0.05, 0) is 19.3 Å². The molecule has 0 aromatic carbocycles. The van der Waals surface area contributed by atoms with Crippen LogP contribution in [0.5, 0.6) is 0 Å². The van der Waals surface area contributed by atoms with E-state index in [1.54, 1.807) is 0 Å². The van der Waals surface area contributed by atoms with E-state index in [9.17, 15) is 0 Å². The lowest BCUT2D eigenvalue weighted by Crippen LogP contribution is -2.25. The molecule has 2 saturated heterocycles. The van der Waals surface area contributed by atoms with Gasteiger partial charge in [-0.3, -0.25) is 0 Å². The zero-order valence-corrected chi connectivity index (χ0v) is 11.5. The molecule has 2 heteroatoms. The lowest BCUT2D eigenvalue weighted by molar-refractivity contribution is -0.0516. The first-order valence-corrected chi connectivity index (χ1v) is 6.60. The standard InChI is InChI=1S/C5H10O.C4H8O.2C2H6/c1-2-5-3-4-6-5;1-2-4-3-5-4;2*1-2/h5H,2-4H2,1H3;4H,2-3H2,1H3;2*1-2H3. The van der Waals surface area contributed by atoms with Crippen LogP contribution in [0.4, 0.5) is 0 Å². The van der Waals surface area contributed by atoms with E-state index in [2.05, 4.69) is 13.8 Å². The molecule has 0 amide bonds. The minimum absolute atomic E-state index is 0.616. The van der Waals surface area contributed by atoms with Gasteiger partial charge >= 0.3 is 0 Å². The van der Waals surface area contributed by atoms with Crippen molar-refractivity contribution in [3.63, 3.8) is 0 Å². The maximum Gasteiger partial charge on any atom is 0.0807 e. The van der Waals surface area contributed by atoms with Gasteiger partial charge in [0.2, 0.25) is 0 Å². The Morgan fingerprint density at radius 3 is 1.27 bits per heavy atom. The van der Waals surface area contributed by atoms with Crippen molar-refractivity contribution in [1.29, 1.82) is 0 Å². The zero-order valence-electron chi connectivity index (χ0n) is 11.5. The number of rotatable bonds is 2. The normalized spacial score (nSPS) is 25.2. The van der Waals surface area contributed by atoms with Gasteiger partial charge < -0.3 is 9.47 Å². The van der Waals surface area contributed by atoms with Gasteiger partial charge in [0.05, 0.1) is 18.8 Å². The monoisotopic (exact) mass is 218 g/mol. The molecule has 0 N–H and O–H groups in total. The van der Waals surface area contributed by atoms with E-state index >= 15 is 0 Å². The SMILES string of the molecule is CC.CC.CCC1CCO1.CCC1CO1. The van der Waals surface area contributed by atoms with Crippen LogP contribution < -0.4 is 0 Å².